The van der Waals surface area contributed by atoms with Crippen molar-refractivity contribution < 1.29 is 4.74 Å². The molecule has 2 fully saturated rings. The monoisotopic (exact) mass is 304 g/mol. The van der Waals surface area contributed by atoms with E-state index < -0.39 is 0 Å². The van der Waals surface area contributed by atoms with Crippen LogP contribution in [0.25, 0.3) is 0 Å². The Hall–Kier alpha value is 1.35. The molecule has 1 atom stereocenters. The van der Waals surface area contributed by atoms with Crippen LogP contribution in [0.5, 0.6) is 0 Å². The summed E-state index contributed by atoms with van der Waals surface area (Å²) in [5, 5.41) is 3.93. The summed E-state index contributed by atoms with van der Waals surface area (Å²) in [6, 6.07) is 0. The molecule has 4 heteroatoms. The van der Waals surface area contributed by atoms with Crippen molar-refractivity contribution in [2.24, 2.45) is 0 Å². The van der Waals surface area contributed by atoms with Crippen LogP contribution >= 0.6 is 11.8 Å². The Labute approximate surface area is 84.7 Å². The van der Waals surface area contributed by atoms with Gasteiger partial charge in [0.15, 0.2) is 0 Å². The van der Waals surface area contributed by atoms with E-state index in [4.69, 9.17) is 4.74 Å². The molecule has 0 aromatic carbocycles. The molecule has 11 heavy (non-hydrogen) atoms. The first kappa shape index (κ1) is 8.93. The van der Waals surface area contributed by atoms with Gasteiger partial charge in [0, 0.05) is 0 Å². The van der Waals surface area contributed by atoms with Crippen molar-refractivity contribution in [1.82, 2.24) is 0 Å². The van der Waals surface area contributed by atoms with Gasteiger partial charge in [-0.3, -0.25) is 0 Å². The third-order valence-corrected chi connectivity index (χ3v) is 10.8. The maximum absolute atomic E-state index is 5.65. The molecule has 2 heterocycles. The molecule has 0 spiro atoms. The van der Waals surface area contributed by atoms with E-state index in [9.17, 15) is 0 Å². The second-order valence-electron chi connectivity index (χ2n) is 2.66. The molecule has 0 saturated carbocycles. The summed E-state index contributed by atoms with van der Waals surface area (Å²) < 4.78 is 6.68. The summed E-state index contributed by atoms with van der Waals surface area (Å²) >= 11 is 3.92. The third kappa shape index (κ3) is 3.30. The molecule has 2 saturated heterocycles. The van der Waals surface area contributed by atoms with Gasteiger partial charge in [-0.25, -0.2) is 0 Å². The molecule has 2 rings (SSSR count). The number of hydrogen-bond donors (Lipinski definition) is 0. The van der Waals surface area contributed by atoms with Crippen molar-refractivity contribution in [3.05, 3.63) is 0 Å². The summed E-state index contributed by atoms with van der Waals surface area (Å²) in [5.41, 5.74) is 0. The molecule has 1 nitrogen and oxygen atoms in total. The molecule has 0 aromatic heterocycles. The fraction of sp³-hybridized carbons (Fsp3) is 1.00. The van der Waals surface area contributed by atoms with Crippen LogP contribution < -0.4 is 0 Å². The normalized spacial score (nSPS) is 31.1. The SMILES string of the molecule is C1C[Se]C(COCC2CS2)[Se]1. The number of ether oxygens (including phenoxy) is 1. The molecule has 2 aliphatic rings. The van der Waals surface area contributed by atoms with Crippen molar-refractivity contribution in [3.63, 3.8) is 0 Å². The minimum atomic E-state index is 0.872. The molecule has 0 amide bonds. The van der Waals surface area contributed by atoms with Crippen LogP contribution in [0.4, 0.5) is 0 Å². The molecule has 2 aliphatic heterocycles. The van der Waals surface area contributed by atoms with Crippen molar-refractivity contribution >= 4 is 41.7 Å². The zero-order valence-electron chi connectivity index (χ0n) is 6.32. The van der Waals surface area contributed by atoms with E-state index in [2.05, 4.69) is 0 Å². The van der Waals surface area contributed by atoms with Crippen LogP contribution in [0.3, 0.4) is 0 Å². The van der Waals surface area contributed by atoms with Gasteiger partial charge in [-0.05, 0) is 0 Å². The van der Waals surface area contributed by atoms with Crippen LogP contribution in [-0.2, 0) is 4.74 Å². The molecule has 1 unspecified atom stereocenters. The topological polar surface area (TPSA) is 9.23 Å². The molecule has 0 bridgehead atoms. The molecular formula is C7H12OSSe2. The van der Waals surface area contributed by atoms with Crippen LogP contribution in [0.2, 0.25) is 14.4 Å². The first-order chi connectivity index (χ1) is 5.45. The second-order valence-corrected chi connectivity index (χ2v) is 11.0. The van der Waals surface area contributed by atoms with Gasteiger partial charge in [-0.15, -0.1) is 0 Å². The Bertz CT molecular complexity index is 124. The quantitative estimate of drug-likeness (QED) is 0.569. The number of hydrogen-bond acceptors (Lipinski definition) is 2. The summed E-state index contributed by atoms with van der Waals surface area (Å²) in [7, 11) is 0. The first-order valence-corrected chi connectivity index (χ1v) is 9.32. The van der Waals surface area contributed by atoms with Gasteiger partial charge in [0.05, 0.1) is 0 Å². The molecular weight excluding hydrogens is 290 g/mol. The standard InChI is InChI=1S/C7H12OSSe2/c1-2-11-7(10-1)4-8-3-6-5-9-6/h6-7H,1-5H2. The molecule has 64 valence electrons. The van der Waals surface area contributed by atoms with Gasteiger partial charge in [-0.2, -0.15) is 0 Å². The molecule has 0 aliphatic carbocycles. The molecule has 0 aromatic rings. The number of rotatable bonds is 4. The minimum absolute atomic E-state index is 0.872. The van der Waals surface area contributed by atoms with E-state index in [-0.39, 0.29) is 0 Å². The fourth-order valence-electron chi connectivity index (χ4n) is 0.963. The zero-order valence-corrected chi connectivity index (χ0v) is 10.6. The Morgan fingerprint density at radius 2 is 2.00 bits per heavy atom. The van der Waals surface area contributed by atoms with Crippen LogP contribution in [0.15, 0.2) is 0 Å². The zero-order chi connectivity index (χ0) is 7.52. The van der Waals surface area contributed by atoms with Gasteiger partial charge in [0.1, 0.15) is 0 Å². The van der Waals surface area contributed by atoms with Crippen LogP contribution in [-0.4, -0.2) is 54.1 Å². The van der Waals surface area contributed by atoms with Crippen molar-refractivity contribution in [1.29, 1.82) is 0 Å². The summed E-state index contributed by atoms with van der Waals surface area (Å²) in [5.74, 6) is 1.35. The van der Waals surface area contributed by atoms with Gasteiger partial charge >= 0.3 is 85.0 Å². The van der Waals surface area contributed by atoms with Crippen molar-refractivity contribution in [2.75, 3.05) is 19.0 Å². The third-order valence-electron chi connectivity index (χ3n) is 1.65. The van der Waals surface area contributed by atoms with Crippen molar-refractivity contribution in [3.8, 4) is 0 Å². The maximum atomic E-state index is 5.65. The van der Waals surface area contributed by atoms with Crippen LogP contribution in [0.1, 0.15) is 0 Å². The van der Waals surface area contributed by atoms with Gasteiger partial charge in [0.25, 0.3) is 0 Å². The second kappa shape index (κ2) is 4.55. The Morgan fingerprint density at radius 1 is 1.27 bits per heavy atom. The van der Waals surface area contributed by atoms with Crippen LogP contribution in [0, 0.1) is 0 Å². The average Bonchev–Trinajstić information content (AvgIpc) is 2.66. The molecule has 0 radical (unpaired) electrons. The Balaban J connectivity index is 1.51. The Morgan fingerprint density at radius 3 is 2.64 bits per heavy atom. The van der Waals surface area contributed by atoms with Gasteiger partial charge in [-0.1, -0.05) is 0 Å². The van der Waals surface area contributed by atoms with Crippen molar-refractivity contribution in [2.45, 2.75) is 19.6 Å². The summed E-state index contributed by atoms with van der Waals surface area (Å²) in [6.45, 7) is 2.13. The van der Waals surface area contributed by atoms with E-state index in [0.717, 1.165) is 52.1 Å². The van der Waals surface area contributed by atoms with Gasteiger partial charge < -0.3 is 0 Å². The van der Waals surface area contributed by atoms with E-state index >= 15 is 0 Å². The summed E-state index contributed by atoms with van der Waals surface area (Å²) in [6.07, 6.45) is 0. The van der Waals surface area contributed by atoms with E-state index in [1.165, 1.54) is 16.4 Å². The molecule has 0 N–H and O–H groups in total. The predicted molar refractivity (Wildman–Crippen MR) is 51.9 cm³/mol. The fourth-order valence-corrected chi connectivity index (χ4v) is 9.15. The average molecular weight is 302 g/mol. The first-order valence-electron chi connectivity index (χ1n) is 3.88. The van der Waals surface area contributed by atoms with E-state index in [1.807, 2.05) is 11.8 Å². The Kier molecular flexibility index (Phi) is 3.69. The van der Waals surface area contributed by atoms with Gasteiger partial charge in [0.2, 0.25) is 0 Å². The summed E-state index contributed by atoms with van der Waals surface area (Å²) in [4.78, 5) is 0. The van der Waals surface area contributed by atoms with E-state index in [1.54, 1.807) is 0 Å². The van der Waals surface area contributed by atoms with E-state index in [0.29, 0.717) is 0 Å². The number of thioether (sulfide) groups is 1. The predicted octanol–water partition coefficient (Wildman–Crippen LogP) is 1.12.